The fourth-order valence-corrected chi connectivity index (χ4v) is 6.05. The molecule has 9 rings (SSSR count). The van der Waals surface area contributed by atoms with Crippen molar-refractivity contribution in [1.29, 1.82) is 0 Å². The van der Waals surface area contributed by atoms with E-state index in [1.165, 1.54) is 0 Å². The highest BCUT2D eigenvalue weighted by molar-refractivity contribution is 6.26. The predicted octanol–water partition coefficient (Wildman–Crippen LogP) is 11.5. The molecule has 0 aliphatic heterocycles. The molecule has 0 aliphatic carbocycles. The first kappa shape index (κ1) is 14.3. The number of furan rings is 1. The van der Waals surface area contributed by atoms with Gasteiger partial charge in [0, 0.05) is 16.2 Å². The lowest BCUT2D eigenvalue weighted by molar-refractivity contribution is 0.673. The molecule has 0 aliphatic rings. The Hall–Kier alpha value is -5.40. The van der Waals surface area contributed by atoms with E-state index in [1.807, 2.05) is 60.7 Å². The van der Waals surface area contributed by atoms with Gasteiger partial charge in [-0.25, -0.2) is 0 Å². The van der Waals surface area contributed by atoms with Gasteiger partial charge in [-0.1, -0.05) is 127 Å². The van der Waals surface area contributed by atoms with E-state index in [1.54, 1.807) is 18.2 Å². The van der Waals surface area contributed by atoms with Crippen LogP contribution in [0.3, 0.4) is 0 Å². The maximum atomic E-state index is 9.42. The van der Waals surface area contributed by atoms with Crippen LogP contribution in [-0.2, 0) is 0 Å². The zero-order chi connectivity index (χ0) is 36.5. The van der Waals surface area contributed by atoms with E-state index in [2.05, 4.69) is 0 Å². The molecule has 9 aromatic rings. The van der Waals surface area contributed by atoms with Gasteiger partial charge in [-0.3, -0.25) is 0 Å². The molecule has 0 fully saturated rings. The molecule has 0 amide bonds. The van der Waals surface area contributed by atoms with Crippen LogP contribution in [-0.4, -0.2) is 0 Å². The second-order valence-corrected chi connectivity index (χ2v) is 9.99. The fourth-order valence-electron chi connectivity index (χ4n) is 6.05. The summed E-state index contributed by atoms with van der Waals surface area (Å²) in [5, 5.41) is 2.35. The monoisotopic (exact) mass is 531 g/mol. The Morgan fingerprint density at radius 1 is 0.463 bits per heavy atom. The molecule has 1 nitrogen and oxygen atoms in total. The van der Waals surface area contributed by atoms with E-state index in [-0.39, 0.29) is 37.9 Å². The third kappa shape index (κ3) is 3.24. The zero-order valence-corrected chi connectivity index (χ0v) is 21.4. The van der Waals surface area contributed by atoms with Crippen LogP contribution < -0.4 is 0 Å². The molecule has 0 radical (unpaired) electrons. The minimum Gasteiger partial charge on any atom is -0.455 e. The Balaban J connectivity index is 1.54. The van der Waals surface area contributed by atoms with Crippen LogP contribution in [0.2, 0.25) is 0 Å². The number of fused-ring (bicyclic) bond motifs is 9. The summed E-state index contributed by atoms with van der Waals surface area (Å²) < 4.78 is 104. The molecule has 8 aromatic carbocycles. The highest BCUT2D eigenvalue weighted by atomic mass is 16.3. The van der Waals surface area contributed by atoms with Crippen molar-refractivity contribution in [2.45, 2.75) is 0 Å². The average molecular weight is 532 g/mol. The maximum Gasteiger partial charge on any atom is 0.143 e. The predicted molar refractivity (Wildman–Crippen MR) is 175 cm³/mol. The standard InChI is InChI=1S/C40H24O/c1-2-10-25(11-3-1)28-16-8-17-33-31(28)22-23-35-39-34(18-9-19-37(39)41-40(33)35)38-30-15-7-5-13-27(30)24-36-29-14-6-4-12-26(29)20-21-32(36)38/h1-24H/i4D,5D,6D,7D,12D,13D,14D,15D,20D,21D,24D. The smallest absolute Gasteiger partial charge is 0.143 e. The highest BCUT2D eigenvalue weighted by Gasteiger charge is 2.19. The molecular weight excluding hydrogens is 496 g/mol. The Labute approximate surface area is 252 Å². The summed E-state index contributed by atoms with van der Waals surface area (Å²) in [6.45, 7) is 0. The van der Waals surface area contributed by atoms with Crippen molar-refractivity contribution in [3.05, 3.63) is 145 Å². The molecule has 1 heterocycles. The van der Waals surface area contributed by atoms with Crippen LogP contribution in [0.1, 0.15) is 15.1 Å². The van der Waals surface area contributed by atoms with E-state index in [0.29, 0.717) is 27.5 Å². The van der Waals surface area contributed by atoms with Gasteiger partial charge in [0.1, 0.15) is 11.2 Å². The van der Waals surface area contributed by atoms with E-state index in [9.17, 15) is 2.74 Å². The van der Waals surface area contributed by atoms with Crippen LogP contribution in [0.15, 0.2) is 150 Å². The summed E-state index contributed by atoms with van der Waals surface area (Å²) in [6, 6.07) is 19.5. The minimum absolute atomic E-state index is 0.0286. The first-order valence-corrected chi connectivity index (χ1v) is 13.2. The molecule has 1 aromatic heterocycles. The molecule has 190 valence electrons. The normalized spacial score (nSPS) is 15.7. The van der Waals surface area contributed by atoms with E-state index in [4.69, 9.17) is 16.8 Å². The molecule has 0 N–H and O–H groups in total. The highest BCUT2D eigenvalue weighted by Crippen LogP contribution is 2.45. The van der Waals surface area contributed by atoms with Crippen LogP contribution >= 0.6 is 0 Å². The van der Waals surface area contributed by atoms with Crippen LogP contribution in [0.4, 0.5) is 0 Å². The van der Waals surface area contributed by atoms with Gasteiger partial charge in [0.15, 0.2) is 0 Å². The fraction of sp³-hybridized carbons (Fsp3) is 0. The molecule has 0 atom stereocenters. The largest absolute Gasteiger partial charge is 0.455 e. The van der Waals surface area contributed by atoms with Crippen LogP contribution in [0, 0.1) is 0 Å². The first-order chi connectivity index (χ1) is 24.9. The maximum absolute atomic E-state index is 9.42. The van der Waals surface area contributed by atoms with E-state index in [0.717, 1.165) is 21.9 Å². The lowest BCUT2D eigenvalue weighted by Gasteiger charge is -2.15. The van der Waals surface area contributed by atoms with Gasteiger partial charge in [-0.15, -0.1) is 0 Å². The van der Waals surface area contributed by atoms with Crippen molar-refractivity contribution in [3.63, 3.8) is 0 Å². The number of benzene rings is 8. The van der Waals surface area contributed by atoms with Crippen molar-refractivity contribution >= 4 is 65.0 Å². The van der Waals surface area contributed by atoms with Crippen LogP contribution in [0.5, 0.6) is 0 Å². The zero-order valence-electron chi connectivity index (χ0n) is 32.4. The summed E-state index contributed by atoms with van der Waals surface area (Å²) in [5.41, 5.74) is 3.65. The molecule has 0 saturated carbocycles. The summed E-state index contributed by atoms with van der Waals surface area (Å²) >= 11 is 0. The Bertz CT molecular complexity index is 3080. The van der Waals surface area contributed by atoms with Crippen molar-refractivity contribution in [2.24, 2.45) is 0 Å². The first-order valence-electron chi connectivity index (χ1n) is 18.7. The van der Waals surface area contributed by atoms with Crippen LogP contribution in [0.25, 0.3) is 87.3 Å². The third-order valence-corrected chi connectivity index (χ3v) is 7.81. The lowest BCUT2D eigenvalue weighted by Crippen LogP contribution is -1.88. The van der Waals surface area contributed by atoms with Gasteiger partial charge in [-0.2, -0.15) is 0 Å². The summed E-state index contributed by atoms with van der Waals surface area (Å²) in [7, 11) is 0. The number of hydrogen-bond donors (Lipinski definition) is 0. The molecule has 0 spiro atoms. The Morgan fingerprint density at radius 2 is 1.22 bits per heavy atom. The van der Waals surface area contributed by atoms with Gasteiger partial charge in [-0.05, 0) is 78.1 Å². The van der Waals surface area contributed by atoms with Crippen molar-refractivity contribution < 1.29 is 19.5 Å². The quantitative estimate of drug-likeness (QED) is 0.160. The minimum atomic E-state index is -0.587. The van der Waals surface area contributed by atoms with E-state index >= 15 is 0 Å². The second-order valence-electron chi connectivity index (χ2n) is 9.99. The Kier molecular flexibility index (Phi) is 2.98. The SMILES string of the molecule is [2H]c1c([2H])c([2H])c2c([2H])c3c(c([2H])c([2H])c4c([2H])c([2H])c([2H])c([2H])c43)c(-c3cccc4oc5c6cccc(-c7ccccc7)c6ccc5c34)c2c1[2H]. The third-order valence-electron chi connectivity index (χ3n) is 7.81. The molecule has 0 bridgehead atoms. The lowest BCUT2D eigenvalue weighted by atomic mass is 9.88. The molecule has 41 heavy (non-hydrogen) atoms. The van der Waals surface area contributed by atoms with Gasteiger partial charge < -0.3 is 4.42 Å². The van der Waals surface area contributed by atoms with Crippen molar-refractivity contribution in [3.8, 4) is 22.3 Å². The average Bonchev–Trinajstić information content (AvgIpc) is 3.55. The summed E-state index contributed by atoms with van der Waals surface area (Å²) in [6.07, 6.45) is 0. The van der Waals surface area contributed by atoms with Gasteiger partial charge in [0.05, 0.1) is 15.1 Å². The van der Waals surface area contributed by atoms with Crippen molar-refractivity contribution in [1.82, 2.24) is 0 Å². The Morgan fingerprint density at radius 3 is 2.12 bits per heavy atom. The van der Waals surface area contributed by atoms with E-state index < -0.39 is 66.5 Å². The number of rotatable bonds is 2. The topological polar surface area (TPSA) is 13.1 Å². The van der Waals surface area contributed by atoms with Gasteiger partial charge in [0.2, 0.25) is 0 Å². The number of hydrogen-bond acceptors (Lipinski definition) is 1. The second kappa shape index (κ2) is 8.55. The van der Waals surface area contributed by atoms with Gasteiger partial charge in [0.25, 0.3) is 0 Å². The molecule has 0 unspecified atom stereocenters. The van der Waals surface area contributed by atoms with Crippen molar-refractivity contribution in [2.75, 3.05) is 0 Å². The molecule has 0 saturated heterocycles. The van der Waals surface area contributed by atoms with Gasteiger partial charge >= 0.3 is 0 Å². The molecular formula is C40H24O. The molecule has 1 heteroatoms. The summed E-state index contributed by atoms with van der Waals surface area (Å²) in [5.74, 6) is 0. The summed E-state index contributed by atoms with van der Waals surface area (Å²) in [4.78, 5) is 0.